The van der Waals surface area contributed by atoms with Crippen LogP contribution in [0.15, 0.2) is 0 Å². The van der Waals surface area contributed by atoms with Crippen molar-refractivity contribution in [3.8, 4) is 0 Å². The lowest BCUT2D eigenvalue weighted by Crippen LogP contribution is -2.37. The van der Waals surface area contributed by atoms with E-state index in [1.54, 1.807) is 0 Å². The van der Waals surface area contributed by atoms with E-state index in [2.05, 4.69) is 10.0 Å². The molecule has 0 radical (unpaired) electrons. The Morgan fingerprint density at radius 2 is 1.94 bits per heavy atom. The molecule has 2 N–H and O–H groups in total. The van der Waals surface area contributed by atoms with Crippen LogP contribution >= 0.6 is 0 Å². The Kier molecular flexibility index (Phi) is 3.80. The van der Waals surface area contributed by atoms with Crippen LogP contribution in [0.25, 0.3) is 0 Å². The predicted octanol–water partition coefficient (Wildman–Crippen LogP) is 1.09. The molecule has 0 aliphatic heterocycles. The van der Waals surface area contributed by atoms with Gasteiger partial charge in [0, 0.05) is 19.1 Å². The number of hydrogen-bond acceptors (Lipinski definition) is 3. The van der Waals surface area contributed by atoms with Gasteiger partial charge in [-0.2, -0.15) is 0 Å². The molecule has 5 heteroatoms. The summed E-state index contributed by atoms with van der Waals surface area (Å²) >= 11 is 0. The Hall–Kier alpha value is -0.130. The second-order valence-electron chi connectivity index (χ2n) is 5.89. The highest BCUT2D eigenvalue weighted by Crippen LogP contribution is 2.60. The van der Waals surface area contributed by atoms with Crippen molar-refractivity contribution in [3.05, 3.63) is 0 Å². The maximum Gasteiger partial charge on any atom is 0.212 e. The van der Waals surface area contributed by atoms with E-state index in [4.69, 9.17) is 0 Å². The van der Waals surface area contributed by atoms with Crippen molar-refractivity contribution >= 4 is 10.0 Å². The highest BCUT2D eigenvalue weighted by Gasteiger charge is 2.53. The Morgan fingerprint density at radius 1 is 1.29 bits per heavy atom. The van der Waals surface area contributed by atoms with E-state index in [0.29, 0.717) is 24.5 Å². The van der Waals surface area contributed by atoms with Gasteiger partial charge in [0.05, 0.1) is 5.75 Å². The first kappa shape index (κ1) is 13.3. The van der Waals surface area contributed by atoms with Crippen molar-refractivity contribution in [3.63, 3.8) is 0 Å². The normalized spacial score (nSPS) is 23.0. The first-order valence-electron chi connectivity index (χ1n) is 6.64. The quantitative estimate of drug-likeness (QED) is 0.687. The van der Waals surface area contributed by atoms with Gasteiger partial charge in [-0.1, -0.05) is 13.8 Å². The van der Waals surface area contributed by atoms with Gasteiger partial charge in [0.2, 0.25) is 10.0 Å². The molecule has 0 heterocycles. The van der Waals surface area contributed by atoms with Gasteiger partial charge in [-0.25, -0.2) is 13.1 Å². The largest absolute Gasteiger partial charge is 0.313 e. The second kappa shape index (κ2) is 4.86. The molecule has 100 valence electrons. The first-order valence-corrected chi connectivity index (χ1v) is 8.29. The van der Waals surface area contributed by atoms with Crippen LogP contribution in [0.3, 0.4) is 0 Å². The van der Waals surface area contributed by atoms with Gasteiger partial charge in [0.1, 0.15) is 0 Å². The van der Waals surface area contributed by atoms with Crippen molar-refractivity contribution < 1.29 is 8.42 Å². The van der Waals surface area contributed by atoms with Crippen LogP contribution in [0.4, 0.5) is 0 Å². The van der Waals surface area contributed by atoms with Crippen molar-refractivity contribution in [2.24, 2.45) is 11.3 Å². The Balaban J connectivity index is 1.70. The lowest BCUT2D eigenvalue weighted by molar-refractivity contribution is 0.431. The Morgan fingerprint density at radius 3 is 2.41 bits per heavy atom. The molecular weight excluding hydrogens is 236 g/mol. The second-order valence-corrected chi connectivity index (χ2v) is 7.81. The van der Waals surface area contributed by atoms with Crippen molar-refractivity contribution in [2.75, 3.05) is 18.8 Å². The third-order valence-electron chi connectivity index (χ3n) is 3.90. The minimum Gasteiger partial charge on any atom is -0.313 e. The standard InChI is InChI=1S/C12H24N2O2S/c1-10(2)13-7-8-17(15,16)14-9-12(5-6-12)11-3-4-11/h10-11,13-14H,3-9H2,1-2H3. The fourth-order valence-electron chi connectivity index (χ4n) is 2.39. The summed E-state index contributed by atoms with van der Waals surface area (Å²) in [7, 11) is -3.09. The van der Waals surface area contributed by atoms with Crippen LogP contribution in [-0.2, 0) is 10.0 Å². The number of nitrogens with one attached hydrogen (secondary N) is 2. The zero-order valence-corrected chi connectivity index (χ0v) is 11.6. The molecule has 0 saturated heterocycles. The van der Waals surface area contributed by atoms with Gasteiger partial charge in [-0.15, -0.1) is 0 Å². The molecule has 2 fully saturated rings. The highest BCUT2D eigenvalue weighted by atomic mass is 32.2. The lowest BCUT2D eigenvalue weighted by atomic mass is 10.0. The Bertz CT molecular complexity index is 357. The van der Waals surface area contributed by atoms with Gasteiger partial charge in [-0.3, -0.25) is 0 Å². The molecule has 0 aromatic rings. The minimum atomic E-state index is -3.09. The van der Waals surface area contributed by atoms with E-state index in [-0.39, 0.29) is 5.75 Å². The monoisotopic (exact) mass is 260 g/mol. The smallest absolute Gasteiger partial charge is 0.212 e. The molecule has 2 rings (SSSR count). The molecule has 0 unspecified atom stereocenters. The molecule has 0 bridgehead atoms. The van der Waals surface area contributed by atoms with Crippen LogP contribution in [0.5, 0.6) is 0 Å². The van der Waals surface area contributed by atoms with Crippen LogP contribution in [-0.4, -0.2) is 33.3 Å². The third kappa shape index (κ3) is 3.93. The molecule has 17 heavy (non-hydrogen) atoms. The summed E-state index contributed by atoms with van der Waals surface area (Å²) in [6, 6.07) is 0.339. The van der Waals surface area contributed by atoms with Crippen molar-refractivity contribution in [1.82, 2.24) is 10.0 Å². The SMILES string of the molecule is CC(C)NCCS(=O)(=O)NCC1(C2CC2)CC1. The molecular formula is C12H24N2O2S. The summed E-state index contributed by atoms with van der Waals surface area (Å²) < 4.78 is 26.3. The van der Waals surface area contributed by atoms with Crippen LogP contribution in [0.1, 0.15) is 39.5 Å². The van der Waals surface area contributed by atoms with Crippen molar-refractivity contribution in [2.45, 2.75) is 45.6 Å². The van der Waals surface area contributed by atoms with Gasteiger partial charge >= 0.3 is 0 Å². The number of sulfonamides is 1. The van der Waals surface area contributed by atoms with Gasteiger partial charge in [-0.05, 0) is 37.0 Å². The van der Waals surface area contributed by atoms with E-state index in [0.717, 1.165) is 5.92 Å². The van der Waals surface area contributed by atoms with Crippen LogP contribution in [0, 0.1) is 11.3 Å². The topological polar surface area (TPSA) is 58.2 Å². The maximum absolute atomic E-state index is 11.8. The maximum atomic E-state index is 11.8. The minimum absolute atomic E-state index is 0.186. The molecule has 0 spiro atoms. The average molecular weight is 260 g/mol. The molecule has 4 nitrogen and oxygen atoms in total. The highest BCUT2D eigenvalue weighted by molar-refractivity contribution is 7.89. The van der Waals surface area contributed by atoms with E-state index in [1.165, 1.54) is 25.7 Å². The zero-order chi connectivity index (χ0) is 12.5. The van der Waals surface area contributed by atoms with Crippen molar-refractivity contribution in [1.29, 1.82) is 0 Å². The summed E-state index contributed by atoms with van der Waals surface area (Å²) in [4.78, 5) is 0. The molecule has 2 aliphatic carbocycles. The molecule has 0 amide bonds. The summed E-state index contributed by atoms with van der Waals surface area (Å²) in [5.74, 6) is 0.991. The van der Waals surface area contributed by atoms with Crippen LogP contribution < -0.4 is 10.0 Å². The predicted molar refractivity (Wildman–Crippen MR) is 69.3 cm³/mol. The lowest BCUT2D eigenvalue weighted by Gasteiger charge is -2.15. The molecule has 0 atom stereocenters. The first-order chi connectivity index (χ1) is 7.94. The number of hydrogen-bond donors (Lipinski definition) is 2. The third-order valence-corrected chi connectivity index (χ3v) is 5.23. The van der Waals surface area contributed by atoms with Gasteiger partial charge < -0.3 is 5.32 Å². The van der Waals surface area contributed by atoms with Gasteiger partial charge in [0.25, 0.3) is 0 Å². The summed E-state index contributed by atoms with van der Waals surface area (Å²) in [5.41, 5.74) is 0.346. The molecule has 0 aromatic heterocycles. The number of rotatable bonds is 8. The fraction of sp³-hybridized carbons (Fsp3) is 1.00. The molecule has 2 saturated carbocycles. The van der Waals surface area contributed by atoms with E-state index >= 15 is 0 Å². The molecule has 2 aliphatic rings. The fourth-order valence-corrected chi connectivity index (χ4v) is 3.43. The van der Waals surface area contributed by atoms with E-state index in [9.17, 15) is 8.42 Å². The van der Waals surface area contributed by atoms with Gasteiger partial charge in [0.15, 0.2) is 0 Å². The molecule has 0 aromatic carbocycles. The summed E-state index contributed by atoms with van der Waals surface area (Å²) in [5, 5.41) is 3.13. The van der Waals surface area contributed by atoms with E-state index < -0.39 is 10.0 Å². The average Bonchev–Trinajstić information content (AvgIpc) is 3.07. The van der Waals surface area contributed by atoms with E-state index in [1.807, 2.05) is 13.8 Å². The summed E-state index contributed by atoms with van der Waals surface area (Å²) in [6.07, 6.45) is 5.03. The Labute approximate surface area is 105 Å². The van der Waals surface area contributed by atoms with Crippen LogP contribution in [0.2, 0.25) is 0 Å². The zero-order valence-electron chi connectivity index (χ0n) is 10.8. The summed E-state index contributed by atoms with van der Waals surface area (Å²) in [6.45, 7) is 5.24.